The lowest BCUT2D eigenvalue weighted by Crippen LogP contribution is -2.37. The molecule has 31 heavy (non-hydrogen) atoms. The first-order valence-corrected chi connectivity index (χ1v) is 10.6. The van der Waals surface area contributed by atoms with Crippen LogP contribution >= 0.6 is 24.0 Å². The van der Waals surface area contributed by atoms with Gasteiger partial charge in [0, 0.05) is 51.8 Å². The molecule has 1 saturated heterocycles. The van der Waals surface area contributed by atoms with Crippen LogP contribution < -0.4 is 15.5 Å². The van der Waals surface area contributed by atoms with Crippen molar-refractivity contribution in [1.82, 2.24) is 25.4 Å². The van der Waals surface area contributed by atoms with Crippen molar-refractivity contribution < 1.29 is 0 Å². The van der Waals surface area contributed by atoms with Gasteiger partial charge in [-0.1, -0.05) is 12.1 Å². The van der Waals surface area contributed by atoms with Crippen LogP contribution in [0.1, 0.15) is 24.0 Å². The number of nitrogens with one attached hydrogen (secondary N) is 2. The Hall–Kier alpha value is -2.62. The molecule has 1 aromatic carbocycles. The predicted molar refractivity (Wildman–Crippen MR) is 137 cm³/mol. The van der Waals surface area contributed by atoms with Gasteiger partial charge in [-0.3, -0.25) is 4.99 Å². The minimum Gasteiger partial charge on any atom is -0.357 e. The summed E-state index contributed by atoms with van der Waals surface area (Å²) in [6.07, 6.45) is 9.07. The van der Waals surface area contributed by atoms with Crippen LogP contribution in [0.15, 0.2) is 66.0 Å². The minimum atomic E-state index is 0. The lowest BCUT2D eigenvalue weighted by Gasteiger charge is -2.17. The van der Waals surface area contributed by atoms with Crippen molar-refractivity contribution in [3.8, 4) is 5.69 Å². The number of hydrogen-bond acceptors (Lipinski definition) is 4. The quantitative estimate of drug-likeness (QED) is 0.278. The van der Waals surface area contributed by atoms with E-state index in [1.54, 1.807) is 13.2 Å². The molecule has 0 aliphatic carbocycles. The predicted octanol–water partition coefficient (Wildman–Crippen LogP) is 3.39. The van der Waals surface area contributed by atoms with Crippen molar-refractivity contribution in [2.75, 3.05) is 31.6 Å². The number of aromatic nitrogens is 3. The van der Waals surface area contributed by atoms with Crippen LogP contribution in [0.4, 0.5) is 5.82 Å². The summed E-state index contributed by atoms with van der Waals surface area (Å²) in [7, 11) is 1.80. The number of rotatable bonds is 7. The van der Waals surface area contributed by atoms with E-state index >= 15 is 0 Å². The van der Waals surface area contributed by atoms with Crippen LogP contribution in [0, 0.1) is 0 Å². The summed E-state index contributed by atoms with van der Waals surface area (Å²) in [6.45, 7) is 3.75. The number of pyridine rings is 1. The molecule has 0 amide bonds. The zero-order valence-electron chi connectivity index (χ0n) is 17.9. The maximum absolute atomic E-state index is 4.52. The second-order valence-electron chi connectivity index (χ2n) is 7.44. The highest BCUT2D eigenvalue weighted by atomic mass is 127. The van der Waals surface area contributed by atoms with E-state index in [1.165, 1.54) is 24.0 Å². The van der Waals surface area contributed by atoms with Crippen LogP contribution in [0.25, 0.3) is 5.69 Å². The third kappa shape index (κ3) is 6.43. The largest absolute Gasteiger partial charge is 0.357 e. The van der Waals surface area contributed by atoms with E-state index in [4.69, 9.17) is 0 Å². The number of hydrogen-bond donors (Lipinski definition) is 2. The van der Waals surface area contributed by atoms with Gasteiger partial charge in [-0.2, -0.15) is 5.10 Å². The average molecular weight is 531 g/mol. The van der Waals surface area contributed by atoms with Crippen LogP contribution in [0.5, 0.6) is 0 Å². The highest BCUT2D eigenvalue weighted by molar-refractivity contribution is 14.0. The number of nitrogens with zero attached hydrogens (tertiary/aromatic N) is 5. The molecule has 8 heteroatoms. The number of guanidine groups is 1. The third-order valence-corrected chi connectivity index (χ3v) is 5.33. The molecule has 0 unspecified atom stereocenters. The Labute approximate surface area is 201 Å². The van der Waals surface area contributed by atoms with E-state index < -0.39 is 0 Å². The summed E-state index contributed by atoms with van der Waals surface area (Å²) in [5.74, 6) is 1.89. The van der Waals surface area contributed by atoms with Gasteiger partial charge in [0.1, 0.15) is 5.82 Å². The molecule has 2 N–H and O–H groups in total. The molecule has 0 radical (unpaired) electrons. The van der Waals surface area contributed by atoms with Crippen LogP contribution in [0.2, 0.25) is 0 Å². The van der Waals surface area contributed by atoms with E-state index in [0.717, 1.165) is 50.1 Å². The fraction of sp³-hybridized carbons (Fsp3) is 0.348. The van der Waals surface area contributed by atoms with Gasteiger partial charge in [0.25, 0.3) is 0 Å². The van der Waals surface area contributed by atoms with E-state index in [-0.39, 0.29) is 24.0 Å². The first-order valence-electron chi connectivity index (χ1n) is 10.6. The first kappa shape index (κ1) is 23.1. The van der Waals surface area contributed by atoms with Crippen molar-refractivity contribution >= 4 is 35.8 Å². The molecule has 2 aromatic heterocycles. The third-order valence-electron chi connectivity index (χ3n) is 5.33. The van der Waals surface area contributed by atoms with Gasteiger partial charge in [0.15, 0.2) is 5.96 Å². The smallest absolute Gasteiger partial charge is 0.191 e. The molecule has 0 spiro atoms. The summed E-state index contributed by atoms with van der Waals surface area (Å²) in [5.41, 5.74) is 3.56. The Balaban J connectivity index is 0.00000272. The van der Waals surface area contributed by atoms with Gasteiger partial charge in [-0.15, -0.1) is 24.0 Å². The Morgan fingerprint density at radius 2 is 1.84 bits per heavy atom. The summed E-state index contributed by atoms with van der Waals surface area (Å²) in [5, 5.41) is 11.1. The highest BCUT2D eigenvalue weighted by Crippen LogP contribution is 2.18. The molecule has 1 fully saturated rings. The average Bonchev–Trinajstić information content (AvgIpc) is 3.51. The van der Waals surface area contributed by atoms with Crippen molar-refractivity contribution in [1.29, 1.82) is 0 Å². The lowest BCUT2D eigenvalue weighted by molar-refractivity contribution is 0.792. The molecular formula is C23H30IN7. The van der Waals surface area contributed by atoms with Crippen molar-refractivity contribution in [2.45, 2.75) is 25.8 Å². The van der Waals surface area contributed by atoms with Gasteiger partial charge in [-0.25, -0.2) is 9.67 Å². The number of aliphatic imine (C=N–C) groups is 1. The molecule has 164 valence electrons. The minimum absolute atomic E-state index is 0. The lowest BCUT2D eigenvalue weighted by atomic mass is 10.1. The summed E-state index contributed by atoms with van der Waals surface area (Å²) in [4.78, 5) is 11.2. The van der Waals surface area contributed by atoms with E-state index in [9.17, 15) is 0 Å². The Morgan fingerprint density at radius 1 is 1.03 bits per heavy atom. The van der Waals surface area contributed by atoms with Gasteiger partial charge in [-0.05, 0) is 60.7 Å². The van der Waals surface area contributed by atoms with E-state index in [0.29, 0.717) is 0 Å². The number of halogens is 1. The molecule has 3 heterocycles. The second kappa shape index (κ2) is 11.7. The van der Waals surface area contributed by atoms with Gasteiger partial charge >= 0.3 is 0 Å². The molecular weight excluding hydrogens is 501 g/mol. The zero-order valence-corrected chi connectivity index (χ0v) is 20.2. The molecule has 0 saturated carbocycles. The molecule has 7 nitrogen and oxygen atoms in total. The van der Waals surface area contributed by atoms with Crippen molar-refractivity contribution in [2.24, 2.45) is 4.99 Å². The maximum atomic E-state index is 4.52. The zero-order chi connectivity index (χ0) is 20.6. The fourth-order valence-corrected chi connectivity index (χ4v) is 3.66. The fourth-order valence-electron chi connectivity index (χ4n) is 3.66. The molecule has 3 aromatic rings. The maximum Gasteiger partial charge on any atom is 0.191 e. The SMILES string of the molecule is CN=C(NCCc1ccc(-n2cccn2)cc1)NCc1ccnc(N2CCCC2)c1.I. The summed E-state index contributed by atoms with van der Waals surface area (Å²) >= 11 is 0. The van der Waals surface area contributed by atoms with Crippen LogP contribution in [-0.2, 0) is 13.0 Å². The first-order chi connectivity index (χ1) is 14.8. The number of benzene rings is 1. The van der Waals surface area contributed by atoms with Crippen molar-refractivity contribution in [3.63, 3.8) is 0 Å². The Morgan fingerprint density at radius 3 is 2.55 bits per heavy atom. The molecule has 0 atom stereocenters. The van der Waals surface area contributed by atoms with Crippen LogP contribution in [0.3, 0.4) is 0 Å². The Bertz CT molecular complexity index is 948. The normalized spacial score (nSPS) is 13.7. The summed E-state index contributed by atoms with van der Waals surface area (Å²) < 4.78 is 1.86. The van der Waals surface area contributed by atoms with Gasteiger partial charge in [0.05, 0.1) is 5.69 Å². The highest BCUT2D eigenvalue weighted by Gasteiger charge is 2.13. The topological polar surface area (TPSA) is 70.4 Å². The molecule has 0 bridgehead atoms. The Kier molecular flexibility index (Phi) is 8.69. The summed E-state index contributed by atoms with van der Waals surface area (Å²) in [6, 6.07) is 14.6. The standard InChI is InChI=1S/C23H29N7.HI/c1-24-23(27-18-20-10-12-25-22(17-20)29-14-2-3-15-29)26-13-9-19-5-7-21(8-6-19)30-16-4-11-28-30;/h4-8,10-12,16-17H,2-3,9,13-15,18H2,1H3,(H2,24,26,27);1H. The van der Waals surface area contributed by atoms with Gasteiger partial charge < -0.3 is 15.5 Å². The number of anilines is 1. The van der Waals surface area contributed by atoms with E-state index in [2.05, 4.69) is 67.0 Å². The second-order valence-corrected chi connectivity index (χ2v) is 7.44. The van der Waals surface area contributed by atoms with Gasteiger partial charge in [0.2, 0.25) is 0 Å². The molecule has 4 rings (SSSR count). The molecule has 1 aliphatic rings. The monoisotopic (exact) mass is 531 g/mol. The van der Waals surface area contributed by atoms with E-state index in [1.807, 2.05) is 23.1 Å². The van der Waals surface area contributed by atoms with Crippen LogP contribution in [-0.4, -0.2) is 47.4 Å². The molecule has 1 aliphatic heterocycles. The van der Waals surface area contributed by atoms with Crippen molar-refractivity contribution in [3.05, 3.63) is 72.2 Å².